The van der Waals surface area contributed by atoms with E-state index in [1.165, 1.54) is 4.68 Å². The van der Waals surface area contributed by atoms with Gasteiger partial charge in [0.2, 0.25) is 5.78 Å². The van der Waals surface area contributed by atoms with Crippen molar-refractivity contribution in [3.63, 3.8) is 0 Å². The van der Waals surface area contributed by atoms with E-state index in [9.17, 15) is 9.59 Å². The Morgan fingerprint density at radius 1 is 1.04 bits per heavy atom. The first-order valence-corrected chi connectivity index (χ1v) is 7.64. The summed E-state index contributed by atoms with van der Waals surface area (Å²) in [5.41, 5.74) is 1.16. The van der Waals surface area contributed by atoms with E-state index in [4.69, 9.17) is 11.6 Å². The fourth-order valence-corrected chi connectivity index (χ4v) is 2.48. The average Bonchev–Trinajstić information content (AvgIpc) is 2.96. The van der Waals surface area contributed by atoms with Crippen molar-refractivity contribution in [1.29, 1.82) is 0 Å². The monoisotopic (exact) mass is 339 g/mol. The van der Waals surface area contributed by atoms with Crippen LogP contribution in [0.2, 0.25) is 5.02 Å². The van der Waals surface area contributed by atoms with Crippen molar-refractivity contribution in [2.45, 2.75) is 0 Å². The van der Waals surface area contributed by atoms with Gasteiger partial charge in [0.05, 0.1) is 10.6 Å². The van der Waals surface area contributed by atoms with E-state index in [0.29, 0.717) is 22.0 Å². The highest BCUT2D eigenvalue weighted by molar-refractivity contribution is 6.34. The molecule has 24 heavy (non-hydrogen) atoms. The topological polar surface area (TPSA) is 64.0 Å². The largest absolute Gasteiger partial charge is 0.307 e. The molecule has 0 aliphatic carbocycles. The van der Waals surface area contributed by atoms with Crippen molar-refractivity contribution in [2.75, 3.05) is 5.32 Å². The van der Waals surface area contributed by atoms with Gasteiger partial charge in [0.25, 0.3) is 5.91 Å². The lowest BCUT2D eigenvalue weighted by molar-refractivity contribution is 0.102. The van der Waals surface area contributed by atoms with Crippen LogP contribution in [0.5, 0.6) is 0 Å². The third-order valence-corrected chi connectivity index (χ3v) is 3.84. The summed E-state index contributed by atoms with van der Waals surface area (Å²) in [4.78, 5) is 24.7. The van der Waals surface area contributed by atoms with Gasteiger partial charge in [-0.05, 0) is 12.1 Å². The van der Waals surface area contributed by atoms with Gasteiger partial charge in [-0.25, -0.2) is 0 Å². The Hall–Kier alpha value is -2.92. The van der Waals surface area contributed by atoms with Crippen LogP contribution in [0.25, 0.3) is 0 Å². The minimum absolute atomic E-state index is 0.204. The number of aromatic nitrogens is 2. The molecule has 0 aliphatic rings. The molecule has 0 aliphatic heterocycles. The highest BCUT2D eigenvalue weighted by Gasteiger charge is 2.17. The third kappa shape index (κ3) is 3.21. The Morgan fingerprint density at radius 3 is 2.42 bits per heavy atom. The SMILES string of the molecule is Cn1nc(C(=O)c2ccccc2)cc1NC(=O)c1ccccc1Cl. The van der Waals surface area contributed by atoms with Crippen LogP contribution in [-0.2, 0) is 7.05 Å². The van der Waals surface area contributed by atoms with E-state index < -0.39 is 0 Å². The molecule has 0 unspecified atom stereocenters. The molecule has 1 heterocycles. The molecule has 0 saturated carbocycles. The molecule has 0 fully saturated rings. The first-order chi connectivity index (χ1) is 11.6. The zero-order valence-electron chi connectivity index (χ0n) is 12.9. The zero-order chi connectivity index (χ0) is 17.1. The summed E-state index contributed by atoms with van der Waals surface area (Å²) in [7, 11) is 1.66. The fourth-order valence-electron chi connectivity index (χ4n) is 2.26. The Labute approximate surface area is 143 Å². The van der Waals surface area contributed by atoms with E-state index in [-0.39, 0.29) is 17.4 Å². The van der Waals surface area contributed by atoms with Crippen LogP contribution in [0.3, 0.4) is 0 Å². The van der Waals surface area contributed by atoms with E-state index >= 15 is 0 Å². The number of rotatable bonds is 4. The van der Waals surface area contributed by atoms with Crippen LogP contribution >= 0.6 is 11.6 Å². The van der Waals surface area contributed by atoms with Gasteiger partial charge in [-0.2, -0.15) is 5.10 Å². The number of ketones is 1. The summed E-state index contributed by atoms with van der Waals surface area (Å²) in [6.07, 6.45) is 0. The van der Waals surface area contributed by atoms with Gasteiger partial charge >= 0.3 is 0 Å². The van der Waals surface area contributed by atoms with Gasteiger partial charge in [-0.1, -0.05) is 54.1 Å². The molecular formula is C18H14ClN3O2. The van der Waals surface area contributed by atoms with Crippen LogP contribution in [0, 0.1) is 0 Å². The fraction of sp³-hybridized carbons (Fsp3) is 0.0556. The molecule has 0 bridgehead atoms. The van der Waals surface area contributed by atoms with Crippen LogP contribution in [0.4, 0.5) is 5.82 Å². The second-order valence-electron chi connectivity index (χ2n) is 5.17. The number of hydrogen-bond donors (Lipinski definition) is 1. The molecule has 120 valence electrons. The number of hydrogen-bond acceptors (Lipinski definition) is 3. The van der Waals surface area contributed by atoms with E-state index in [1.807, 2.05) is 6.07 Å². The first kappa shape index (κ1) is 16.0. The Morgan fingerprint density at radius 2 is 1.71 bits per heavy atom. The maximum Gasteiger partial charge on any atom is 0.258 e. The Balaban J connectivity index is 1.84. The number of anilines is 1. The highest BCUT2D eigenvalue weighted by atomic mass is 35.5. The minimum atomic E-state index is -0.359. The van der Waals surface area contributed by atoms with Gasteiger partial charge in [-0.15, -0.1) is 0 Å². The van der Waals surface area contributed by atoms with E-state index in [2.05, 4.69) is 10.4 Å². The number of carbonyl (C=O) groups is 2. The smallest absolute Gasteiger partial charge is 0.258 e. The van der Waals surface area contributed by atoms with Crippen molar-refractivity contribution < 1.29 is 9.59 Å². The number of halogens is 1. The molecular weight excluding hydrogens is 326 g/mol. The third-order valence-electron chi connectivity index (χ3n) is 3.51. The molecule has 3 rings (SSSR count). The molecule has 1 aromatic heterocycles. The van der Waals surface area contributed by atoms with Gasteiger partial charge in [0, 0.05) is 18.7 Å². The Kier molecular flexibility index (Phi) is 4.44. The molecule has 5 nitrogen and oxygen atoms in total. The van der Waals surface area contributed by atoms with Gasteiger partial charge in [-0.3, -0.25) is 14.3 Å². The number of aryl methyl sites for hydroxylation is 1. The summed E-state index contributed by atoms with van der Waals surface area (Å²) in [6.45, 7) is 0. The molecule has 1 N–H and O–H groups in total. The molecule has 6 heteroatoms. The second kappa shape index (κ2) is 6.68. The summed E-state index contributed by atoms with van der Waals surface area (Å²) in [5.74, 6) is -0.147. The molecule has 0 atom stereocenters. The highest BCUT2D eigenvalue weighted by Crippen LogP contribution is 2.18. The standard InChI is InChI=1S/C18H14ClN3O2/c1-22-16(20-18(24)13-9-5-6-10-14(13)19)11-15(21-22)17(23)12-7-3-2-4-8-12/h2-11H,1H3,(H,20,24). The Bertz CT molecular complexity index is 904. The summed E-state index contributed by atoms with van der Waals surface area (Å²) < 4.78 is 1.45. The predicted octanol–water partition coefficient (Wildman–Crippen LogP) is 3.56. The van der Waals surface area contributed by atoms with Gasteiger partial charge in [0.15, 0.2) is 0 Å². The maximum absolute atomic E-state index is 12.4. The van der Waals surface area contributed by atoms with Crippen molar-refractivity contribution in [1.82, 2.24) is 9.78 Å². The summed E-state index contributed by atoms with van der Waals surface area (Å²) >= 11 is 6.02. The zero-order valence-corrected chi connectivity index (χ0v) is 13.6. The molecule has 0 radical (unpaired) electrons. The van der Waals surface area contributed by atoms with Crippen molar-refractivity contribution >= 4 is 29.1 Å². The summed E-state index contributed by atoms with van der Waals surface area (Å²) in [5, 5.41) is 7.25. The van der Waals surface area contributed by atoms with Crippen LogP contribution in [-0.4, -0.2) is 21.5 Å². The number of nitrogens with one attached hydrogen (secondary N) is 1. The van der Waals surface area contributed by atoms with Crippen LogP contribution < -0.4 is 5.32 Å². The number of amides is 1. The van der Waals surface area contributed by atoms with E-state index in [0.717, 1.165) is 0 Å². The second-order valence-corrected chi connectivity index (χ2v) is 5.57. The molecule has 0 saturated heterocycles. The number of nitrogens with zero attached hydrogens (tertiary/aromatic N) is 2. The summed E-state index contributed by atoms with van der Waals surface area (Å²) in [6, 6.07) is 17.2. The first-order valence-electron chi connectivity index (χ1n) is 7.26. The van der Waals surface area contributed by atoms with E-state index in [1.54, 1.807) is 61.6 Å². The predicted molar refractivity (Wildman–Crippen MR) is 92.5 cm³/mol. The van der Waals surface area contributed by atoms with Crippen molar-refractivity contribution in [3.8, 4) is 0 Å². The molecule has 1 amide bonds. The maximum atomic E-state index is 12.4. The van der Waals surface area contributed by atoms with Gasteiger partial charge in [0.1, 0.15) is 11.5 Å². The normalized spacial score (nSPS) is 10.4. The van der Waals surface area contributed by atoms with Crippen molar-refractivity contribution in [2.24, 2.45) is 7.05 Å². The number of benzene rings is 2. The molecule has 2 aromatic carbocycles. The lowest BCUT2D eigenvalue weighted by atomic mass is 10.1. The quantitative estimate of drug-likeness (QED) is 0.739. The molecule has 0 spiro atoms. The molecule has 3 aromatic rings. The average molecular weight is 340 g/mol. The van der Waals surface area contributed by atoms with Gasteiger partial charge < -0.3 is 5.32 Å². The van der Waals surface area contributed by atoms with Crippen LogP contribution in [0.15, 0.2) is 60.7 Å². The number of carbonyl (C=O) groups excluding carboxylic acids is 2. The lowest BCUT2D eigenvalue weighted by Crippen LogP contribution is -2.14. The minimum Gasteiger partial charge on any atom is -0.307 e. The van der Waals surface area contributed by atoms with Crippen LogP contribution in [0.1, 0.15) is 26.4 Å². The van der Waals surface area contributed by atoms with Crippen molar-refractivity contribution in [3.05, 3.63) is 82.5 Å². The lowest BCUT2D eigenvalue weighted by Gasteiger charge is -2.06.